The maximum absolute atomic E-state index is 11.8. The number of hydrogen-bond donors (Lipinski definition) is 2. The molecule has 0 saturated carbocycles. The number of halogens is 1. The molecule has 0 spiro atoms. The molecule has 0 aromatic heterocycles. The van der Waals surface area contributed by atoms with E-state index in [1.807, 2.05) is 25.1 Å². The number of carbonyl (C=O) groups excluding carboxylic acids is 1. The molecule has 0 fully saturated rings. The van der Waals surface area contributed by atoms with E-state index in [1.165, 1.54) is 0 Å². The molecule has 0 radical (unpaired) electrons. The highest BCUT2D eigenvalue weighted by molar-refractivity contribution is 9.10. The highest BCUT2D eigenvalue weighted by atomic mass is 79.9. The summed E-state index contributed by atoms with van der Waals surface area (Å²) in [6.45, 7) is 1.81. The van der Waals surface area contributed by atoms with Gasteiger partial charge in [-0.25, -0.2) is 0 Å². The van der Waals surface area contributed by atoms with E-state index in [-0.39, 0.29) is 12.5 Å². The van der Waals surface area contributed by atoms with Crippen molar-refractivity contribution in [2.24, 2.45) is 0 Å². The minimum absolute atomic E-state index is 0.0509. The topological polar surface area (TPSA) is 64.3 Å². The molecule has 2 aromatic rings. The van der Waals surface area contributed by atoms with E-state index < -0.39 is 0 Å². The van der Waals surface area contributed by atoms with Gasteiger partial charge in [-0.15, -0.1) is 0 Å². The fourth-order valence-corrected chi connectivity index (χ4v) is 2.06. The Labute approximate surface area is 126 Å². The summed E-state index contributed by atoms with van der Waals surface area (Å²) in [6.07, 6.45) is 0. The number of nitrogens with two attached hydrogens (primary N) is 1. The molecule has 0 saturated heterocycles. The molecule has 0 heterocycles. The predicted octanol–water partition coefficient (Wildman–Crippen LogP) is 3.36. The summed E-state index contributed by atoms with van der Waals surface area (Å²) in [7, 11) is 0. The van der Waals surface area contributed by atoms with Crippen LogP contribution >= 0.6 is 15.9 Å². The van der Waals surface area contributed by atoms with Crippen molar-refractivity contribution in [2.45, 2.75) is 6.92 Å². The Morgan fingerprint density at radius 2 is 2.05 bits per heavy atom. The maximum atomic E-state index is 11.8. The first kappa shape index (κ1) is 14.4. The average Bonchev–Trinajstić information content (AvgIpc) is 2.42. The summed E-state index contributed by atoms with van der Waals surface area (Å²) in [5.41, 5.74) is 7.99. The minimum atomic E-state index is -0.223. The van der Waals surface area contributed by atoms with Gasteiger partial charge in [-0.1, -0.05) is 28.1 Å². The monoisotopic (exact) mass is 334 g/mol. The molecule has 5 heteroatoms. The van der Waals surface area contributed by atoms with Crippen LogP contribution in [0.5, 0.6) is 5.75 Å². The normalized spacial score (nSPS) is 10.1. The second-order valence-electron chi connectivity index (χ2n) is 4.31. The van der Waals surface area contributed by atoms with Crippen LogP contribution in [0.1, 0.15) is 5.56 Å². The fraction of sp³-hybridized carbons (Fsp3) is 0.133. The molecule has 0 atom stereocenters. The number of carbonyl (C=O) groups is 1. The van der Waals surface area contributed by atoms with Crippen molar-refractivity contribution in [3.63, 3.8) is 0 Å². The zero-order chi connectivity index (χ0) is 14.5. The SMILES string of the molecule is Cc1c(N)cccc1NC(=O)COc1cccc(Br)c1. The highest BCUT2D eigenvalue weighted by Crippen LogP contribution is 2.21. The summed E-state index contributed by atoms with van der Waals surface area (Å²) in [4.78, 5) is 11.8. The zero-order valence-electron chi connectivity index (χ0n) is 11.0. The molecule has 2 aromatic carbocycles. The Bertz CT molecular complexity index is 629. The van der Waals surface area contributed by atoms with Gasteiger partial charge in [-0.2, -0.15) is 0 Å². The number of hydrogen-bond acceptors (Lipinski definition) is 3. The second-order valence-corrected chi connectivity index (χ2v) is 5.23. The first-order chi connectivity index (χ1) is 9.56. The van der Waals surface area contributed by atoms with Crippen molar-refractivity contribution in [1.82, 2.24) is 0 Å². The van der Waals surface area contributed by atoms with Gasteiger partial charge in [0.05, 0.1) is 0 Å². The van der Waals surface area contributed by atoms with Crippen molar-refractivity contribution in [3.05, 3.63) is 52.5 Å². The Kier molecular flexibility index (Phi) is 4.63. The quantitative estimate of drug-likeness (QED) is 0.842. The molecule has 104 valence electrons. The first-order valence-corrected chi connectivity index (χ1v) is 6.89. The van der Waals surface area contributed by atoms with E-state index in [1.54, 1.807) is 24.3 Å². The highest BCUT2D eigenvalue weighted by Gasteiger charge is 2.07. The van der Waals surface area contributed by atoms with E-state index in [0.717, 1.165) is 10.0 Å². The fourth-order valence-electron chi connectivity index (χ4n) is 1.68. The Hall–Kier alpha value is -2.01. The third-order valence-electron chi connectivity index (χ3n) is 2.82. The first-order valence-electron chi connectivity index (χ1n) is 6.09. The average molecular weight is 335 g/mol. The molecule has 0 aliphatic carbocycles. The van der Waals surface area contributed by atoms with Crippen LogP contribution in [0.3, 0.4) is 0 Å². The number of anilines is 2. The van der Waals surface area contributed by atoms with Crippen molar-refractivity contribution < 1.29 is 9.53 Å². The van der Waals surface area contributed by atoms with Crippen LogP contribution in [-0.4, -0.2) is 12.5 Å². The molecule has 0 unspecified atom stereocenters. The summed E-state index contributed by atoms with van der Waals surface area (Å²) >= 11 is 3.35. The zero-order valence-corrected chi connectivity index (χ0v) is 12.6. The van der Waals surface area contributed by atoms with Crippen molar-refractivity contribution in [3.8, 4) is 5.75 Å². The standard InChI is InChI=1S/C15H15BrN2O2/c1-10-13(17)6-3-7-14(10)18-15(19)9-20-12-5-2-4-11(16)8-12/h2-8H,9,17H2,1H3,(H,18,19). The lowest BCUT2D eigenvalue weighted by molar-refractivity contribution is -0.118. The smallest absolute Gasteiger partial charge is 0.262 e. The number of rotatable bonds is 4. The molecule has 0 aliphatic rings. The van der Waals surface area contributed by atoms with E-state index >= 15 is 0 Å². The van der Waals surface area contributed by atoms with Gasteiger partial charge in [0.1, 0.15) is 5.75 Å². The minimum Gasteiger partial charge on any atom is -0.484 e. The van der Waals surface area contributed by atoms with E-state index in [9.17, 15) is 4.79 Å². The molecule has 2 rings (SSSR count). The van der Waals surface area contributed by atoms with E-state index in [0.29, 0.717) is 17.1 Å². The number of benzene rings is 2. The Morgan fingerprint density at radius 1 is 1.30 bits per heavy atom. The molecule has 0 bridgehead atoms. The summed E-state index contributed by atoms with van der Waals surface area (Å²) < 4.78 is 6.32. The van der Waals surface area contributed by atoms with Gasteiger partial charge in [-0.05, 0) is 42.8 Å². The molecule has 1 amide bonds. The number of nitrogen functional groups attached to an aromatic ring is 1. The molecule has 20 heavy (non-hydrogen) atoms. The largest absolute Gasteiger partial charge is 0.484 e. The number of nitrogens with one attached hydrogen (secondary N) is 1. The van der Waals surface area contributed by atoms with Crippen LogP contribution in [0, 0.1) is 6.92 Å². The molecule has 0 aliphatic heterocycles. The Balaban J connectivity index is 1.94. The molecular formula is C15H15BrN2O2. The van der Waals surface area contributed by atoms with Crippen molar-refractivity contribution >= 4 is 33.2 Å². The van der Waals surface area contributed by atoms with Crippen LogP contribution in [-0.2, 0) is 4.79 Å². The van der Waals surface area contributed by atoms with E-state index in [2.05, 4.69) is 21.2 Å². The van der Waals surface area contributed by atoms with Crippen molar-refractivity contribution in [1.29, 1.82) is 0 Å². The second kappa shape index (κ2) is 6.43. The number of amides is 1. The molecule has 4 nitrogen and oxygen atoms in total. The van der Waals surface area contributed by atoms with Crippen LogP contribution in [0.25, 0.3) is 0 Å². The summed E-state index contributed by atoms with van der Waals surface area (Å²) in [5.74, 6) is 0.414. The van der Waals surface area contributed by atoms with Crippen molar-refractivity contribution in [2.75, 3.05) is 17.7 Å². The van der Waals surface area contributed by atoms with Crippen LogP contribution in [0.15, 0.2) is 46.9 Å². The van der Waals surface area contributed by atoms with Gasteiger partial charge in [0.25, 0.3) is 5.91 Å². The van der Waals surface area contributed by atoms with E-state index in [4.69, 9.17) is 10.5 Å². The summed E-state index contributed by atoms with van der Waals surface area (Å²) in [5, 5.41) is 2.78. The summed E-state index contributed by atoms with van der Waals surface area (Å²) in [6, 6.07) is 12.7. The third kappa shape index (κ3) is 3.74. The van der Waals surface area contributed by atoms with Crippen LogP contribution in [0.4, 0.5) is 11.4 Å². The van der Waals surface area contributed by atoms with Crippen LogP contribution in [0.2, 0.25) is 0 Å². The lowest BCUT2D eigenvalue weighted by atomic mass is 10.1. The van der Waals surface area contributed by atoms with Gasteiger partial charge in [0, 0.05) is 15.8 Å². The third-order valence-corrected chi connectivity index (χ3v) is 3.31. The lowest BCUT2D eigenvalue weighted by Gasteiger charge is -2.11. The maximum Gasteiger partial charge on any atom is 0.262 e. The predicted molar refractivity (Wildman–Crippen MR) is 83.9 cm³/mol. The van der Waals surface area contributed by atoms with Crippen LogP contribution < -0.4 is 15.8 Å². The van der Waals surface area contributed by atoms with Gasteiger partial charge in [0.15, 0.2) is 6.61 Å². The van der Waals surface area contributed by atoms with Gasteiger partial charge in [-0.3, -0.25) is 4.79 Å². The molecule has 3 N–H and O–H groups in total. The van der Waals surface area contributed by atoms with Gasteiger partial charge < -0.3 is 15.8 Å². The molecular weight excluding hydrogens is 320 g/mol. The lowest BCUT2D eigenvalue weighted by Crippen LogP contribution is -2.20. The van der Waals surface area contributed by atoms with Gasteiger partial charge in [0.2, 0.25) is 0 Å². The van der Waals surface area contributed by atoms with Gasteiger partial charge >= 0.3 is 0 Å². The number of ether oxygens (including phenoxy) is 1. The Morgan fingerprint density at radius 3 is 2.80 bits per heavy atom.